The number of likely N-dealkylation sites (N-methyl/N-ethyl adjacent to an activating group) is 1. The number of nitrogens with zero attached hydrogens (tertiary/aromatic N) is 1. The zero-order chi connectivity index (χ0) is 12.2. The molecule has 0 aliphatic carbocycles. The van der Waals surface area contributed by atoms with E-state index in [1.165, 1.54) is 18.9 Å². The van der Waals surface area contributed by atoms with E-state index in [2.05, 4.69) is 12.6 Å². The summed E-state index contributed by atoms with van der Waals surface area (Å²) in [5, 5.41) is 8.72. The summed E-state index contributed by atoms with van der Waals surface area (Å²) in [6, 6.07) is -0.777. The molecule has 1 unspecified atom stereocenters. The number of carboxylic acids is 1. The Morgan fingerprint density at radius 3 is 2.27 bits per heavy atom. The van der Waals surface area contributed by atoms with Crippen LogP contribution in [0.15, 0.2) is 0 Å². The topological polar surface area (TPSA) is 57.6 Å². The first-order chi connectivity index (χ1) is 6.65. The van der Waals surface area contributed by atoms with Crippen LogP contribution in [0.25, 0.3) is 0 Å². The molecule has 0 aromatic rings. The van der Waals surface area contributed by atoms with E-state index < -0.39 is 12.0 Å². The van der Waals surface area contributed by atoms with Crippen molar-refractivity contribution in [2.24, 2.45) is 0 Å². The van der Waals surface area contributed by atoms with Crippen molar-refractivity contribution in [3.63, 3.8) is 0 Å². The normalized spacial score (nSPS) is 13.4. The maximum absolute atomic E-state index is 11.6. The number of hydrogen-bond donors (Lipinski definition) is 2. The van der Waals surface area contributed by atoms with E-state index in [0.717, 1.165) is 0 Å². The summed E-state index contributed by atoms with van der Waals surface area (Å²) in [6.45, 7) is 5.33. The van der Waals surface area contributed by atoms with Crippen molar-refractivity contribution in [3.8, 4) is 0 Å². The third kappa shape index (κ3) is 5.67. The SMILES string of the molecule is CC(C(=O)O)N(C)C(=O)CCC(C)(C)S. The molecular formula is C10H19NO3S. The Bertz CT molecular complexity index is 248. The van der Waals surface area contributed by atoms with Crippen molar-refractivity contribution in [3.05, 3.63) is 0 Å². The molecule has 0 aromatic carbocycles. The van der Waals surface area contributed by atoms with E-state index >= 15 is 0 Å². The monoisotopic (exact) mass is 233 g/mol. The van der Waals surface area contributed by atoms with Crippen LogP contribution in [-0.4, -0.2) is 39.7 Å². The fourth-order valence-corrected chi connectivity index (χ4v) is 1.08. The number of thiol groups is 1. The molecule has 0 saturated heterocycles. The summed E-state index contributed by atoms with van der Waals surface area (Å²) in [6.07, 6.45) is 0.955. The third-order valence-corrected chi connectivity index (χ3v) is 2.51. The molecule has 1 N–H and O–H groups in total. The van der Waals surface area contributed by atoms with Crippen molar-refractivity contribution >= 4 is 24.5 Å². The third-order valence-electron chi connectivity index (χ3n) is 2.28. The molecule has 0 fully saturated rings. The van der Waals surface area contributed by atoms with Gasteiger partial charge in [0.25, 0.3) is 0 Å². The molecule has 0 aliphatic heterocycles. The number of hydrogen-bond acceptors (Lipinski definition) is 3. The smallest absolute Gasteiger partial charge is 0.326 e. The number of amides is 1. The van der Waals surface area contributed by atoms with Crippen LogP contribution in [0, 0.1) is 0 Å². The number of rotatable bonds is 5. The second-order valence-electron chi connectivity index (χ2n) is 4.33. The van der Waals surface area contributed by atoms with E-state index in [9.17, 15) is 9.59 Å². The number of carboxylic acid groups (broad SMARTS) is 1. The Balaban J connectivity index is 4.17. The van der Waals surface area contributed by atoms with Gasteiger partial charge in [0.2, 0.25) is 5.91 Å². The number of carbonyl (C=O) groups is 2. The minimum Gasteiger partial charge on any atom is -0.480 e. The summed E-state index contributed by atoms with van der Waals surface area (Å²) in [7, 11) is 1.51. The standard InChI is InChI=1S/C10H19NO3S/c1-7(9(13)14)11(4)8(12)5-6-10(2,3)15/h7,15H,5-6H2,1-4H3,(H,13,14). The Labute approximate surface area is 96.1 Å². The minimum absolute atomic E-state index is 0.160. The first kappa shape index (κ1) is 14.3. The molecule has 0 radical (unpaired) electrons. The van der Waals surface area contributed by atoms with Crippen molar-refractivity contribution in [1.29, 1.82) is 0 Å². The van der Waals surface area contributed by atoms with Gasteiger partial charge in [0.05, 0.1) is 0 Å². The van der Waals surface area contributed by atoms with Gasteiger partial charge >= 0.3 is 5.97 Å². The summed E-state index contributed by atoms with van der Waals surface area (Å²) in [5.41, 5.74) is 0. The van der Waals surface area contributed by atoms with Crippen LogP contribution >= 0.6 is 12.6 Å². The summed E-state index contributed by atoms with van der Waals surface area (Å²) in [5.74, 6) is -1.15. The van der Waals surface area contributed by atoms with Crippen molar-refractivity contribution < 1.29 is 14.7 Å². The molecule has 0 aliphatic rings. The molecule has 0 spiro atoms. The number of aliphatic carboxylic acids is 1. The first-order valence-corrected chi connectivity index (χ1v) is 5.30. The molecule has 1 atom stereocenters. The van der Waals surface area contributed by atoms with Gasteiger partial charge in [0.1, 0.15) is 6.04 Å². The lowest BCUT2D eigenvalue weighted by molar-refractivity contribution is -0.148. The Hall–Kier alpha value is -0.710. The van der Waals surface area contributed by atoms with Crippen molar-refractivity contribution in [2.45, 2.75) is 44.4 Å². The molecule has 0 bridgehead atoms. The van der Waals surface area contributed by atoms with E-state index in [1.54, 1.807) is 0 Å². The Kier molecular flexibility index (Phi) is 5.14. The Morgan fingerprint density at radius 1 is 1.47 bits per heavy atom. The summed E-state index contributed by atoms with van der Waals surface area (Å²) in [4.78, 5) is 23.5. The van der Waals surface area contributed by atoms with E-state index in [0.29, 0.717) is 12.8 Å². The Morgan fingerprint density at radius 2 is 1.93 bits per heavy atom. The van der Waals surface area contributed by atoms with Crippen molar-refractivity contribution in [1.82, 2.24) is 4.90 Å². The molecule has 0 aromatic heterocycles. The van der Waals surface area contributed by atoms with Crippen LogP contribution in [0.1, 0.15) is 33.6 Å². The highest BCUT2D eigenvalue weighted by Crippen LogP contribution is 2.19. The van der Waals surface area contributed by atoms with Gasteiger partial charge < -0.3 is 10.0 Å². The zero-order valence-corrected chi connectivity index (χ0v) is 10.5. The molecule has 0 rings (SSSR count). The van der Waals surface area contributed by atoms with Gasteiger partial charge in [-0.1, -0.05) is 13.8 Å². The van der Waals surface area contributed by atoms with Crippen LogP contribution in [0.5, 0.6) is 0 Å². The molecule has 15 heavy (non-hydrogen) atoms. The first-order valence-electron chi connectivity index (χ1n) is 4.86. The number of carbonyl (C=O) groups excluding carboxylic acids is 1. The average Bonchev–Trinajstić information content (AvgIpc) is 2.10. The minimum atomic E-state index is -0.990. The lowest BCUT2D eigenvalue weighted by Gasteiger charge is -2.23. The van der Waals surface area contributed by atoms with Gasteiger partial charge in [-0.2, -0.15) is 12.6 Å². The van der Waals surface area contributed by atoms with Crippen LogP contribution in [-0.2, 0) is 9.59 Å². The molecular weight excluding hydrogens is 214 g/mol. The molecule has 0 saturated carbocycles. The molecule has 4 nitrogen and oxygen atoms in total. The van der Waals surface area contributed by atoms with Crippen LogP contribution in [0.2, 0.25) is 0 Å². The van der Waals surface area contributed by atoms with E-state index in [1.807, 2.05) is 13.8 Å². The van der Waals surface area contributed by atoms with Gasteiger partial charge in [-0.15, -0.1) is 0 Å². The van der Waals surface area contributed by atoms with E-state index in [4.69, 9.17) is 5.11 Å². The predicted molar refractivity (Wildman–Crippen MR) is 62.2 cm³/mol. The maximum Gasteiger partial charge on any atom is 0.326 e. The van der Waals surface area contributed by atoms with Crippen molar-refractivity contribution in [2.75, 3.05) is 7.05 Å². The van der Waals surface area contributed by atoms with Gasteiger partial charge in [0, 0.05) is 18.2 Å². The zero-order valence-electron chi connectivity index (χ0n) is 9.65. The average molecular weight is 233 g/mol. The van der Waals surface area contributed by atoms with Gasteiger partial charge in [0.15, 0.2) is 0 Å². The second-order valence-corrected chi connectivity index (χ2v) is 5.54. The summed E-state index contributed by atoms with van der Waals surface area (Å²) >= 11 is 4.30. The largest absolute Gasteiger partial charge is 0.480 e. The predicted octanol–water partition coefficient (Wildman–Crippen LogP) is 1.41. The van der Waals surface area contributed by atoms with Gasteiger partial charge in [-0.05, 0) is 13.3 Å². The second kappa shape index (κ2) is 5.39. The highest BCUT2D eigenvalue weighted by molar-refractivity contribution is 7.81. The highest BCUT2D eigenvalue weighted by atomic mass is 32.1. The summed E-state index contributed by atoms with van der Waals surface area (Å²) < 4.78 is -0.205. The maximum atomic E-state index is 11.6. The lowest BCUT2D eigenvalue weighted by Crippen LogP contribution is -2.40. The van der Waals surface area contributed by atoms with Crippen LogP contribution in [0.4, 0.5) is 0 Å². The molecule has 0 heterocycles. The van der Waals surface area contributed by atoms with Gasteiger partial charge in [-0.3, -0.25) is 4.79 Å². The molecule has 5 heteroatoms. The molecule has 88 valence electrons. The van der Waals surface area contributed by atoms with Crippen LogP contribution < -0.4 is 0 Å². The highest BCUT2D eigenvalue weighted by Gasteiger charge is 2.23. The van der Waals surface area contributed by atoms with E-state index in [-0.39, 0.29) is 10.7 Å². The quantitative estimate of drug-likeness (QED) is 0.706. The fourth-order valence-electron chi connectivity index (χ4n) is 0.971. The lowest BCUT2D eigenvalue weighted by atomic mass is 10.1. The fraction of sp³-hybridized carbons (Fsp3) is 0.800. The van der Waals surface area contributed by atoms with Crippen LogP contribution in [0.3, 0.4) is 0 Å². The molecule has 1 amide bonds. The van der Waals surface area contributed by atoms with Gasteiger partial charge in [-0.25, -0.2) is 4.79 Å².